The van der Waals surface area contributed by atoms with E-state index in [0.29, 0.717) is 37.2 Å². The monoisotopic (exact) mass is 417 g/mol. The molecule has 6 nitrogen and oxygen atoms in total. The Bertz CT molecular complexity index is 673. The minimum atomic E-state index is -3.51. The van der Waals surface area contributed by atoms with Crippen LogP contribution in [0.15, 0.2) is 33.6 Å². The van der Waals surface area contributed by atoms with Gasteiger partial charge in [-0.3, -0.25) is 9.69 Å². The molecule has 1 atom stereocenters. The van der Waals surface area contributed by atoms with Gasteiger partial charge in [0.25, 0.3) is 0 Å². The summed E-state index contributed by atoms with van der Waals surface area (Å²) in [5.74, 6) is -0.00791. The van der Waals surface area contributed by atoms with Crippen molar-refractivity contribution in [2.45, 2.75) is 31.2 Å². The smallest absolute Gasteiger partial charge is 0.244 e. The Kier molecular flexibility index (Phi) is 6.79. The SMILES string of the molecule is CCC(C)NC(=O)CN1CCN(S(=O)(=O)c2ccccc2Br)CC1. The van der Waals surface area contributed by atoms with E-state index >= 15 is 0 Å². The Morgan fingerprint density at radius 1 is 1.25 bits per heavy atom. The van der Waals surface area contributed by atoms with Gasteiger partial charge in [-0.15, -0.1) is 0 Å². The van der Waals surface area contributed by atoms with Crippen LogP contribution in [0.4, 0.5) is 0 Å². The zero-order valence-corrected chi connectivity index (χ0v) is 16.4. The van der Waals surface area contributed by atoms with Crippen molar-refractivity contribution in [2.24, 2.45) is 0 Å². The third-order valence-electron chi connectivity index (χ3n) is 4.17. The second-order valence-electron chi connectivity index (χ2n) is 5.99. The van der Waals surface area contributed by atoms with Gasteiger partial charge in [0.05, 0.1) is 11.4 Å². The third-order valence-corrected chi connectivity index (χ3v) is 7.08. The van der Waals surface area contributed by atoms with E-state index in [1.807, 2.05) is 18.7 Å². The number of hydrogen-bond acceptors (Lipinski definition) is 4. The van der Waals surface area contributed by atoms with Crippen LogP contribution in [0.3, 0.4) is 0 Å². The Hall–Kier alpha value is -0.960. The van der Waals surface area contributed by atoms with Gasteiger partial charge in [-0.05, 0) is 41.4 Å². The Morgan fingerprint density at radius 3 is 2.46 bits per heavy atom. The highest BCUT2D eigenvalue weighted by atomic mass is 79.9. The molecule has 0 saturated carbocycles. The van der Waals surface area contributed by atoms with Crippen LogP contribution in [0.1, 0.15) is 20.3 Å². The molecule has 1 aliphatic rings. The predicted molar refractivity (Wildman–Crippen MR) is 97.2 cm³/mol. The second-order valence-corrected chi connectivity index (χ2v) is 8.75. The van der Waals surface area contributed by atoms with E-state index in [1.54, 1.807) is 24.3 Å². The highest BCUT2D eigenvalue weighted by molar-refractivity contribution is 9.10. The van der Waals surface area contributed by atoms with Gasteiger partial charge < -0.3 is 5.32 Å². The Balaban J connectivity index is 1.93. The lowest BCUT2D eigenvalue weighted by Crippen LogP contribution is -2.51. The van der Waals surface area contributed by atoms with E-state index in [1.165, 1.54) is 4.31 Å². The summed E-state index contributed by atoms with van der Waals surface area (Å²) in [7, 11) is -3.51. The second kappa shape index (κ2) is 8.42. The van der Waals surface area contributed by atoms with Crippen LogP contribution >= 0.6 is 15.9 Å². The average molecular weight is 418 g/mol. The molecule has 1 aromatic carbocycles. The Labute approximate surface area is 152 Å². The lowest BCUT2D eigenvalue weighted by molar-refractivity contribution is -0.123. The van der Waals surface area contributed by atoms with Gasteiger partial charge in [-0.2, -0.15) is 4.31 Å². The van der Waals surface area contributed by atoms with Crippen molar-refractivity contribution in [3.05, 3.63) is 28.7 Å². The highest BCUT2D eigenvalue weighted by Gasteiger charge is 2.30. The molecule has 0 aromatic heterocycles. The summed E-state index contributed by atoms with van der Waals surface area (Å²) < 4.78 is 27.5. The van der Waals surface area contributed by atoms with Gasteiger partial charge in [0.1, 0.15) is 0 Å². The fourth-order valence-corrected chi connectivity index (χ4v) is 4.93. The van der Waals surface area contributed by atoms with Crippen LogP contribution in [0.2, 0.25) is 0 Å². The molecular formula is C16H24BrN3O3S. The minimum Gasteiger partial charge on any atom is -0.353 e. The largest absolute Gasteiger partial charge is 0.353 e. The highest BCUT2D eigenvalue weighted by Crippen LogP contribution is 2.25. The van der Waals surface area contributed by atoms with E-state index < -0.39 is 10.0 Å². The molecule has 0 aliphatic carbocycles. The van der Waals surface area contributed by atoms with Gasteiger partial charge in [0.2, 0.25) is 15.9 Å². The number of amides is 1. The van der Waals surface area contributed by atoms with Crippen molar-refractivity contribution in [1.82, 2.24) is 14.5 Å². The van der Waals surface area contributed by atoms with Crippen molar-refractivity contribution >= 4 is 31.9 Å². The summed E-state index contributed by atoms with van der Waals surface area (Å²) in [5.41, 5.74) is 0. The molecule has 24 heavy (non-hydrogen) atoms. The minimum absolute atomic E-state index is 0.00791. The van der Waals surface area contributed by atoms with Crippen molar-refractivity contribution in [3.63, 3.8) is 0 Å². The predicted octanol–water partition coefficient (Wildman–Crippen LogP) is 1.67. The van der Waals surface area contributed by atoms with E-state index in [4.69, 9.17) is 0 Å². The lowest BCUT2D eigenvalue weighted by atomic mass is 10.2. The average Bonchev–Trinajstić information content (AvgIpc) is 2.55. The molecule has 134 valence electrons. The van der Waals surface area contributed by atoms with E-state index in [2.05, 4.69) is 21.2 Å². The molecule has 8 heteroatoms. The number of benzene rings is 1. The van der Waals surface area contributed by atoms with Gasteiger partial charge in [0, 0.05) is 36.7 Å². The summed E-state index contributed by atoms with van der Waals surface area (Å²) in [6, 6.07) is 6.99. The van der Waals surface area contributed by atoms with Crippen molar-refractivity contribution in [1.29, 1.82) is 0 Å². The first-order valence-corrected chi connectivity index (χ1v) is 10.3. The fourth-order valence-electron chi connectivity index (χ4n) is 2.55. The van der Waals surface area contributed by atoms with Crippen molar-refractivity contribution < 1.29 is 13.2 Å². The van der Waals surface area contributed by atoms with Crippen molar-refractivity contribution in [3.8, 4) is 0 Å². The maximum absolute atomic E-state index is 12.7. The quantitative estimate of drug-likeness (QED) is 0.763. The molecule has 1 aromatic rings. The number of rotatable bonds is 6. The van der Waals surface area contributed by atoms with E-state index in [-0.39, 0.29) is 16.8 Å². The normalized spacial score (nSPS) is 18.3. The zero-order valence-electron chi connectivity index (χ0n) is 14.0. The molecule has 1 amide bonds. The van der Waals surface area contributed by atoms with Gasteiger partial charge >= 0.3 is 0 Å². The molecular weight excluding hydrogens is 394 g/mol. The number of nitrogens with one attached hydrogen (secondary N) is 1. The molecule has 0 spiro atoms. The molecule has 1 aliphatic heterocycles. The van der Waals surface area contributed by atoms with Crippen LogP contribution in [0.5, 0.6) is 0 Å². The summed E-state index contributed by atoms with van der Waals surface area (Å²) in [6.45, 7) is 6.19. The van der Waals surface area contributed by atoms with Crippen LogP contribution in [0, 0.1) is 0 Å². The first kappa shape index (κ1) is 19.4. The molecule has 1 heterocycles. The first-order valence-electron chi connectivity index (χ1n) is 8.11. The summed E-state index contributed by atoms with van der Waals surface area (Å²) in [5, 5.41) is 2.93. The number of halogens is 1. The topological polar surface area (TPSA) is 69.7 Å². The maximum Gasteiger partial charge on any atom is 0.244 e. The Morgan fingerprint density at radius 2 is 1.88 bits per heavy atom. The summed E-state index contributed by atoms with van der Waals surface area (Å²) in [6.07, 6.45) is 0.893. The number of piperazine rings is 1. The number of carbonyl (C=O) groups is 1. The number of sulfonamides is 1. The molecule has 1 saturated heterocycles. The molecule has 0 bridgehead atoms. The van der Waals surface area contributed by atoms with Crippen LogP contribution < -0.4 is 5.32 Å². The molecule has 1 N–H and O–H groups in total. The summed E-state index contributed by atoms with van der Waals surface area (Å²) >= 11 is 3.30. The van der Waals surface area contributed by atoms with Gasteiger partial charge in [-0.1, -0.05) is 19.1 Å². The molecule has 0 radical (unpaired) electrons. The number of hydrogen-bond donors (Lipinski definition) is 1. The maximum atomic E-state index is 12.7. The van der Waals surface area contributed by atoms with Crippen LogP contribution in [0.25, 0.3) is 0 Å². The van der Waals surface area contributed by atoms with E-state index in [9.17, 15) is 13.2 Å². The molecule has 2 rings (SSSR count). The van der Waals surface area contributed by atoms with Crippen molar-refractivity contribution in [2.75, 3.05) is 32.7 Å². The lowest BCUT2D eigenvalue weighted by Gasteiger charge is -2.33. The van der Waals surface area contributed by atoms with E-state index in [0.717, 1.165) is 6.42 Å². The van der Waals surface area contributed by atoms with Gasteiger partial charge in [-0.25, -0.2) is 8.42 Å². The van der Waals surface area contributed by atoms with Crippen LogP contribution in [-0.2, 0) is 14.8 Å². The number of carbonyl (C=O) groups excluding carboxylic acids is 1. The first-order chi connectivity index (χ1) is 11.3. The fraction of sp³-hybridized carbons (Fsp3) is 0.562. The molecule has 1 unspecified atom stereocenters. The number of nitrogens with zero attached hydrogens (tertiary/aromatic N) is 2. The van der Waals surface area contributed by atoms with Crippen LogP contribution in [-0.4, -0.2) is 62.3 Å². The third kappa shape index (κ3) is 4.78. The molecule has 1 fully saturated rings. The van der Waals surface area contributed by atoms with Gasteiger partial charge in [0.15, 0.2) is 0 Å². The zero-order chi connectivity index (χ0) is 17.7. The summed E-state index contributed by atoms with van der Waals surface area (Å²) in [4.78, 5) is 14.2. The standard InChI is InChI=1S/C16H24BrN3O3S/c1-3-13(2)18-16(21)12-19-8-10-20(11-9-19)24(22,23)15-7-5-4-6-14(15)17/h4-7,13H,3,8-12H2,1-2H3,(H,18,21).